The molecule has 51 heavy (non-hydrogen) atoms. The van der Waals surface area contributed by atoms with Crippen LogP contribution in [0, 0.1) is 13.8 Å². The topological polar surface area (TPSA) is 98.6 Å². The smallest absolute Gasteiger partial charge is 0.337 e. The summed E-state index contributed by atoms with van der Waals surface area (Å²) in [6, 6.07) is 14.5. The molecule has 5 aromatic rings. The number of hydrogen-bond acceptors (Lipinski definition) is 9. The highest BCUT2D eigenvalue weighted by Gasteiger charge is 2.30. The molecule has 1 aliphatic rings. The summed E-state index contributed by atoms with van der Waals surface area (Å²) in [5.74, 6) is -0.428. The molecule has 0 radical (unpaired) electrons. The Kier molecular flexibility index (Phi) is 11.0. The highest BCUT2D eigenvalue weighted by Crippen LogP contribution is 2.46. The fourth-order valence-corrected chi connectivity index (χ4v) is 8.27. The first kappa shape index (κ1) is 36.7. The Balaban J connectivity index is 1.62. The fraction of sp³-hybridized carbons (Fsp3) is 0.463. The van der Waals surface area contributed by atoms with Crippen LogP contribution in [0.3, 0.4) is 0 Å². The highest BCUT2D eigenvalue weighted by atomic mass is 32.1. The molecule has 0 atom stereocenters. The van der Waals surface area contributed by atoms with E-state index in [0.29, 0.717) is 18.0 Å². The molecule has 0 aliphatic heterocycles. The first-order valence-electron chi connectivity index (χ1n) is 18.0. The van der Waals surface area contributed by atoms with Crippen molar-refractivity contribution in [3.05, 3.63) is 69.9 Å². The van der Waals surface area contributed by atoms with Gasteiger partial charge in [-0.25, -0.2) is 14.8 Å². The molecule has 0 saturated heterocycles. The van der Waals surface area contributed by atoms with Gasteiger partial charge in [0, 0.05) is 36.0 Å². The standard InChI is InChI=1S/C41H51N5O4S/c1-25-39(51-26(2)43-25)33-17-15-28-20-32(30(21-34(28)44-33)23-42-18-19-45(6)7)38-37(27-12-10-9-11-13-27)31-16-14-29(40(48)49-8)22-35(31)46(38)24-36(47)50-41(3,4)5/h14-17,20-22,27,42H,9-13,18-19,23-24H2,1-8H3. The van der Waals surface area contributed by atoms with Crippen molar-refractivity contribution in [3.63, 3.8) is 0 Å². The quantitative estimate of drug-likeness (QED) is 0.108. The number of thiazole rings is 1. The van der Waals surface area contributed by atoms with Crippen LogP contribution in [-0.4, -0.2) is 71.3 Å². The average molecular weight is 710 g/mol. The van der Waals surface area contributed by atoms with Crippen LogP contribution in [0.15, 0.2) is 42.5 Å². The molecule has 1 aliphatic carbocycles. The molecule has 10 heteroatoms. The molecule has 9 nitrogen and oxygen atoms in total. The number of carbonyl (C=O) groups excluding carboxylic acids is 2. The summed E-state index contributed by atoms with van der Waals surface area (Å²) in [7, 11) is 5.55. The molecule has 0 unspecified atom stereocenters. The maximum absolute atomic E-state index is 13.7. The van der Waals surface area contributed by atoms with Crippen molar-refractivity contribution in [3.8, 4) is 21.8 Å². The van der Waals surface area contributed by atoms with Crippen molar-refractivity contribution < 1.29 is 19.1 Å². The largest absolute Gasteiger partial charge is 0.465 e. The van der Waals surface area contributed by atoms with Gasteiger partial charge in [-0.05, 0) is 109 Å². The van der Waals surface area contributed by atoms with Crippen LogP contribution in [-0.2, 0) is 27.4 Å². The van der Waals surface area contributed by atoms with Gasteiger partial charge < -0.3 is 24.3 Å². The zero-order chi connectivity index (χ0) is 36.4. The number of esters is 2. The third kappa shape index (κ3) is 8.19. The lowest BCUT2D eigenvalue weighted by molar-refractivity contribution is -0.155. The Hall–Kier alpha value is -4.12. The molecular weight excluding hydrogens is 659 g/mol. The molecule has 270 valence electrons. The maximum atomic E-state index is 13.7. The summed E-state index contributed by atoms with van der Waals surface area (Å²) in [4.78, 5) is 39.7. The summed E-state index contributed by atoms with van der Waals surface area (Å²) in [5.41, 5.74) is 7.84. The van der Waals surface area contributed by atoms with Crippen LogP contribution >= 0.6 is 11.3 Å². The Morgan fingerprint density at radius 2 is 1.78 bits per heavy atom. The zero-order valence-corrected chi connectivity index (χ0v) is 32.1. The number of nitrogens with one attached hydrogen (secondary N) is 1. The molecule has 2 aromatic carbocycles. The van der Waals surface area contributed by atoms with Crippen molar-refractivity contribution in [1.29, 1.82) is 0 Å². The maximum Gasteiger partial charge on any atom is 0.337 e. The summed E-state index contributed by atoms with van der Waals surface area (Å²) in [5, 5.41) is 6.78. The third-order valence-corrected chi connectivity index (χ3v) is 10.7. The molecule has 3 aromatic heterocycles. The van der Waals surface area contributed by atoms with Crippen LogP contribution < -0.4 is 5.32 Å². The van der Waals surface area contributed by atoms with Gasteiger partial charge >= 0.3 is 11.9 Å². The normalized spacial score (nSPS) is 14.1. The highest BCUT2D eigenvalue weighted by molar-refractivity contribution is 7.15. The number of nitrogens with zero attached hydrogens (tertiary/aromatic N) is 4. The van der Waals surface area contributed by atoms with E-state index in [0.717, 1.165) is 98.7 Å². The molecule has 0 spiro atoms. The number of aryl methyl sites for hydroxylation is 2. The average Bonchev–Trinajstić information content (AvgIpc) is 3.59. The van der Waals surface area contributed by atoms with E-state index < -0.39 is 11.6 Å². The van der Waals surface area contributed by atoms with Gasteiger partial charge in [-0.1, -0.05) is 31.4 Å². The number of fused-ring (bicyclic) bond motifs is 2. The Labute approximate surface area is 305 Å². The van der Waals surface area contributed by atoms with E-state index in [1.54, 1.807) is 11.3 Å². The van der Waals surface area contributed by atoms with E-state index in [9.17, 15) is 9.59 Å². The lowest BCUT2D eigenvalue weighted by atomic mass is 9.81. The van der Waals surface area contributed by atoms with Crippen molar-refractivity contribution in [2.24, 2.45) is 0 Å². The Morgan fingerprint density at radius 3 is 2.45 bits per heavy atom. The summed E-state index contributed by atoms with van der Waals surface area (Å²) >= 11 is 1.67. The molecular formula is C41H51N5O4S. The van der Waals surface area contributed by atoms with E-state index in [1.165, 1.54) is 19.1 Å². The molecule has 1 fully saturated rings. The third-order valence-electron chi connectivity index (χ3n) is 9.60. The minimum atomic E-state index is -0.646. The number of methoxy groups -OCH3 is 1. The second-order valence-electron chi connectivity index (χ2n) is 15.0. The predicted octanol–water partition coefficient (Wildman–Crippen LogP) is 8.42. The first-order valence-corrected chi connectivity index (χ1v) is 18.8. The van der Waals surface area contributed by atoms with E-state index in [4.69, 9.17) is 14.5 Å². The van der Waals surface area contributed by atoms with Crippen LogP contribution in [0.2, 0.25) is 0 Å². The summed E-state index contributed by atoms with van der Waals surface area (Å²) < 4.78 is 13.2. The van der Waals surface area contributed by atoms with Gasteiger partial charge in [0.2, 0.25) is 0 Å². The monoisotopic (exact) mass is 709 g/mol. The summed E-state index contributed by atoms with van der Waals surface area (Å²) in [6.45, 7) is 12.1. The molecule has 0 amide bonds. The fourth-order valence-electron chi connectivity index (χ4n) is 7.39. The number of benzene rings is 2. The number of pyridine rings is 1. The number of hydrogen-bond donors (Lipinski definition) is 1. The minimum Gasteiger partial charge on any atom is -0.465 e. The van der Waals surface area contributed by atoms with Crippen LogP contribution in [0.1, 0.15) is 91.0 Å². The molecule has 3 heterocycles. The second kappa shape index (κ2) is 15.2. The lowest BCUT2D eigenvalue weighted by Crippen LogP contribution is -2.27. The van der Waals surface area contributed by atoms with Crippen molar-refractivity contribution in [2.75, 3.05) is 34.3 Å². The van der Waals surface area contributed by atoms with Crippen molar-refractivity contribution in [1.82, 2.24) is 24.8 Å². The Bertz CT molecular complexity index is 2070. The van der Waals surface area contributed by atoms with Crippen molar-refractivity contribution >= 4 is 45.1 Å². The minimum absolute atomic E-state index is 0.00712. The van der Waals surface area contributed by atoms with Gasteiger partial charge in [0.05, 0.1) is 50.7 Å². The summed E-state index contributed by atoms with van der Waals surface area (Å²) in [6.07, 6.45) is 5.67. The number of rotatable bonds is 11. The zero-order valence-electron chi connectivity index (χ0n) is 31.3. The molecule has 0 bridgehead atoms. The number of ether oxygens (including phenoxy) is 2. The van der Waals surface area contributed by atoms with E-state index in [1.807, 2.05) is 52.8 Å². The number of likely N-dealkylation sites (N-methyl/N-ethyl adjacent to an activating group) is 1. The van der Waals surface area contributed by atoms with Crippen LogP contribution in [0.5, 0.6) is 0 Å². The Morgan fingerprint density at radius 1 is 1.02 bits per heavy atom. The molecule has 1 N–H and O–H groups in total. The van der Waals surface area contributed by atoms with E-state index in [2.05, 4.69) is 58.1 Å². The second-order valence-corrected chi connectivity index (χ2v) is 16.2. The first-order chi connectivity index (χ1) is 24.3. The SMILES string of the molecule is COC(=O)c1ccc2c(C3CCCCC3)c(-c3cc4ccc(-c5sc(C)nc5C)nc4cc3CNCCN(C)C)n(CC(=O)OC(C)(C)C)c2c1. The molecule has 1 saturated carbocycles. The van der Waals surface area contributed by atoms with Gasteiger partial charge in [0.15, 0.2) is 0 Å². The van der Waals surface area contributed by atoms with E-state index >= 15 is 0 Å². The number of carbonyl (C=O) groups is 2. The van der Waals surface area contributed by atoms with Gasteiger partial charge in [-0.3, -0.25) is 4.79 Å². The lowest BCUT2D eigenvalue weighted by Gasteiger charge is -2.25. The van der Waals surface area contributed by atoms with Crippen molar-refractivity contribution in [2.45, 2.75) is 91.3 Å². The van der Waals surface area contributed by atoms with E-state index in [-0.39, 0.29) is 12.5 Å². The number of aromatic nitrogens is 3. The van der Waals surface area contributed by atoms with Gasteiger partial charge in [-0.2, -0.15) is 0 Å². The van der Waals surface area contributed by atoms with Crippen LogP contribution in [0.25, 0.3) is 43.6 Å². The van der Waals surface area contributed by atoms with Crippen LogP contribution in [0.4, 0.5) is 0 Å². The van der Waals surface area contributed by atoms with Gasteiger partial charge in [0.25, 0.3) is 0 Å². The molecule has 6 rings (SSSR count). The predicted molar refractivity (Wildman–Crippen MR) is 207 cm³/mol. The van der Waals surface area contributed by atoms with Gasteiger partial charge in [-0.15, -0.1) is 11.3 Å². The van der Waals surface area contributed by atoms with Gasteiger partial charge in [0.1, 0.15) is 12.1 Å².